The monoisotopic (exact) mass is 379 g/mol. The van der Waals surface area contributed by atoms with Crippen LogP contribution in [-0.2, 0) is 0 Å². The summed E-state index contributed by atoms with van der Waals surface area (Å²) in [5.74, 6) is -0.273. The molecule has 0 bridgehead atoms. The van der Waals surface area contributed by atoms with Crippen molar-refractivity contribution in [3.05, 3.63) is 95.7 Å². The van der Waals surface area contributed by atoms with Crippen LogP contribution in [0.25, 0.3) is 10.9 Å². The maximum Gasteiger partial charge on any atom is 0.426 e. The Kier molecular flexibility index (Phi) is 4.78. The summed E-state index contributed by atoms with van der Waals surface area (Å²) in [7, 11) is 0. The van der Waals surface area contributed by atoms with Gasteiger partial charge in [-0.05, 0) is 59.5 Å². The van der Waals surface area contributed by atoms with Gasteiger partial charge < -0.3 is 4.65 Å². The molecule has 0 atom stereocenters. The van der Waals surface area contributed by atoms with E-state index in [2.05, 4.69) is 4.98 Å². The first-order valence-corrected chi connectivity index (χ1v) is 8.70. The Labute approximate surface area is 160 Å². The molecule has 0 aliphatic carbocycles. The number of rotatable bonds is 4. The molecular weight excluding hydrogens is 366 g/mol. The van der Waals surface area contributed by atoms with Gasteiger partial charge >= 0.3 is 6.92 Å². The molecule has 0 aliphatic heterocycles. The number of fused-ring (bicyclic) bond motifs is 1. The topological polar surface area (TPSA) is 22.1 Å². The maximum absolute atomic E-state index is 14.1. The molecule has 1 heterocycles. The van der Waals surface area contributed by atoms with Crippen molar-refractivity contribution in [1.29, 1.82) is 0 Å². The van der Waals surface area contributed by atoms with E-state index >= 15 is 0 Å². The fourth-order valence-corrected chi connectivity index (χ4v) is 3.17. The number of nitrogens with zero attached hydrogens (tertiary/aromatic N) is 1. The first kappa shape index (κ1) is 17.5. The van der Waals surface area contributed by atoms with E-state index in [1.165, 1.54) is 18.2 Å². The van der Waals surface area contributed by atoms with Crippen molar-refractivity contribution in [2.24, 2.45) is 0 Å². The zero-order valence-electron chi connectivity index (χ0n) is 14.1. The quantitative estimate of drug-likeness (QED) is 0.492. The van der Waals surface area contributed by atoms with Gasteiger partial charge in [0.15, 0.2) is 0 Å². The smallest absolute Gasteiger partial charge is 0.426 e. The van der Waals surface area contributed by atoms with Gasteiger partial charge in [0.1, 0.15) is 22.9 Å². The normalized spacial score (nSPS) is 10.8. The summed E-state index contributed by atoms with van der Waals surface area (Å²) in [4.78, 5) is 4.26. The molecule has 6 heteroatoms. The van der Waals surface area contributed by atoms with Crippen molar-refractivity contribution in [3.8, 4) is 5.75 Å². The van der Waals surface area contributed by atoms with E-state index in [0.717, 1.165) is 10.9 Å². The van der Waals surface area contributed by atoms with Crippen molar-refractivity contribution < 1.29 is 13.4 Å². The minimum absolute atomic E-state index is 0.336. The van der Waals surface area contributed by atoms with Crippen molar-refractivity contribution in [2.45, 2.75) is 0 Å². The molecule has 1 aromatic heterocycles. The van der Waals surface area contributed by atoms with Crippen molar-refractivity contribution >= 4 is 40.3 Å². The molecule has 4 rings (SSSR count). The predicted molar refractivity (Wildman–Crippen MR) is 105 cm³/mol. The number of pyridine rings is 1. The van der Waals surface area contributed by atoms with Gasteiger partial charge in [-0.15, -0.1) is 0 Å². The number of aromatic nitrogens is 1. The van der Waals surface area contributed by atoms with Crippen LogP contribution in [0.5, 0.6) is 5.75 Å². The lowest BCUT2D eigenvalue weighted by Gasteiger charge is -2.18. The number of halogens is 3. The summed E-state index contributed by atoms with van der Waals surface area (Å²) >= 11 is 6.14. The Morgan fingerprint density at radius 3 is 2.44 bits per heavy atom. The second-order valence-corrected chi connectivity index (χ2v) is 6.49. The van der Waals surface area contributed by atoms with E-state index in [9.17, 15) is 8.78 Å². The van der Waals surface area contributed by atoms with E-state index in [1.54, 1.807) is 48.7 Å². The molecule has 0 fully saturated rings. The Morgan fingerprint density at radius 1 is 0.852 bits per heavy atom. The SMILES string of the molecule is Fc1ccc(B(Oc2ccc(F)c3cccnc23)c2cccc(Cl)c2)cc1. The van der Waals surface area contributed by atoms with Crippen LogP contribution in [0, 0.1) is 11.6 Å². The van der Waals surface area contributed by atoms with Crippen LogP contribution in [-0.4, -0.2) is 11.9 Å². The van der Waals surface area contributed by atoms with Gasteiger partial charge in [-0.25, -0.2) is 8.78 Å². The summed E-state index contributed by atoms with van der Waals surface area (Å²) in [5.41, 5.74) is 1.96. The van der Waals surface area contributed by atoms with E-state index < -0.39 is 6.92 Å². The lowest BCUT2D eigenvalue weighted by atomic mass is 9.55. The van der Waals surface area contributed by atoms with Gasteiger partial charge in [-0.1, -0.05) is 35.9 Å². The van der Waals surface area contributed by atoms with E-state index in [-0.39, 0.29) is 11.6 Å². The number of hydrogen-bond acceptors (Lipinski definition) is 2. The molecule has 0 N–H and O–H groups in total. The van der Waals surface area contributed by atoms with Crippen molar-refractivity contribution in [1.82, 2.24) is 4.98 Å². The van der Waals surface area contributed by atoms with Crippen LogP contribution in [0.1, 0.15) is 0 Å². The van der Waals surface area contributed by atoms with Gasteiger partial charge in [0, 0.05) is 16.6 Å². The highest BCUT2D eigenvalue weighted by Crippen LogP contribution is 2.26. The molecule has 4 aromatic rings. The van der Waals surface area contributed by atoms with E-state index in [0.29, 0.717) is 21.7 Å². The van der Waals surface area contributed by atoms with Crippen LogP contribution in [0.2, 0.25) is 5.02 Å². The summed E-state index contributed by atoms with van der Waals surface area (Å²) in [6, 6.07) is 19.5. The summed E-state index contributed by atoms with van der Waals surface area (Å²) in [6.07, 6.45) is 1.58. The van der Waals surface area contributed by atoms with Gasteiger partial charge in [-0.3, -0.25) is 4.98 Å². The molecule has 0 spiro atoms. The Hall–Kier alpha value is -2.92. The Bertz CT molecular complexity index is 1100. The first-order chi connectivity index (χ1) is 13.1. The highest BCUT2D eigenvalue weighted by Gasteiger charge is 2.25. The standard InChI is InChI=1S/C21H13BClF2NO/c23-16-4-1-3-15(13-16)22(14-6-8-17(24)9-7-14)27-20-11-10-19(25)18-5-2-12-26-21(18)20/h1-13H. The molecular formula is C21H13BClF2NO. The van der Waals surface area contributed by atoms with Gasteiger partial charge in [-0.2, -0.15) is 0 Å². The molecule has 0 saturated carbocycles. The van der Waals surface area contributed by atoms with Crippen LogP contribution in [0.4, 0.5) is 8.78 Å². The van der Waals surface area contributed by atoms with Gasteiger partial charge in [0.2, 0.25) is 0 Å². The maximum atomic E-state index is 14.1. The third-order valence-corrected chi connectivity index (χ3v) is 4.48. The summed E-state index contributed by atoms with van der Waals surface area (Å²) in [6.45, 7) is -0.556. The highest BCUT2D eigenvalue weighted by molar-refractivity contribution is 6.80. The Morgan fingerprint density at radius 2 is 1.67 bits per heavy atom. The highest BCUT2D eigenvalue weighted by atomic mass is 35.5. The molecule has 0 aliphatic rings. The zero-order valence-corrected chi connectivity index (χ0v) is 14.8. The lowest BCUT2D eigenvalue weighted by molar-refractivity contribution is 0.590. The third-order valence-electron chi connectivity index (χ3n) is 4.25. The zero-order chi connectivity index (χ0) is 18.8. The largest absolute Gasteiger partial charge is 0.550 e. The molecule has 27 heavy (non-hydrogen) atoms. The minimum Gasteiger partial charge on any atom is -0.550 e. The number of benzene rings is 3. The van der Waals surface area contributed by atoms with Crippen molar-refractivity contribution in [3.63, 3.8) is 0 Å². The van der Waals surface area contributed by atoms with Crippen LogP contribution >= 0.6 is 11.6 Å². The second kappa shape index (κ2) is 7.37. The van der Waals surface area contributed by atoms with E-state index in [1.807, 2.05) is 12.1 Å². The average molecular weight is 380 g/mol. The third kappa shape index (κ3) is 3.64. The molecule has 132 valence electrons. The predicted octanol–water partition coefficient (Wildman–Crippen LogP) is 4.35. The molecule has 2 nitrogen and oxygen atoms in total. The van der Waals surface area contributed by atoms with Gasteiger partial charge in [0.25, 0.3) is 0 Å². The lowest BCUT2D eigenvalue weighted by Crippen LogP contribution is -2.47. The Balaban J connectivity index is 1.83. The summed E-state index contributed by atoms with van der Waals surface area (Å²) in [5, 5.41) is 0.934. The number of hydrogen-bond donors (Lipinski definition) is 0. The molecule has 0 amide bonds. The van der Waals surface area contributed by atoms with Crippen molar-refractivity contribution in [2.75, 3.05) is 0 Å². The molecule has 3 aromatic carbocycles. The van der Waals surface area contributed by atoms with Crippen LogP contribution in [0.3, 0.4) is 0 Å². The fourth-order valence-electron chi connectivity index (χ4n) is 2.97. The van der Waals surface area contributed by atoms with Crippen LogP contribution in [0.15, 0.2) is 79.0 Å². The second-order valence-electron chi connectivity index (χ2n) is 6.05. The van der Waals surface area contributed by atoms with E-state index in [4.69, 9.17) is 16.3 Å². The summed E-state index contributed by atoms with van der Waals surface area (Å²) < 4.78 is 33.7. The molecule has 0 unspecified atom stereocenters. The first-order valence-electron chi connectivity index (χ1n) is 8.32. The fraction of sp³-hybridized carbons (Fsp3) is 0. The van der Waals surface area contributed by atoms with Gasteiger partial charge in [0.05, 0.1) is 0 Å². The molecule has 0 saturated heterocycles. The van der Waals surface area contributed by atoms with Crippen LogP contribution < -0.4 is 15.6 Å². The molecule has 0 radical (unpaired) electrons. The minimum atomic E-state index is -0.556. The average Bonchev–Trinajstić information content (AvgIpc) is 2.69.